The molecule has 0 spiro atoms. The van der Waals surface area contributed by atoms with E-state index in [-0.39, 0.29) is 10.7 Å². The third-order valence-corrected chi connectivity index (χ3v) is 4.68. The molecular formula is C12H24N2O2S. The molecule has 100 valence electrons. The first-order valence-corrected chi connectivity index (χ1v) is 7.22. The van der Waals surface area contributed by atoms with Crippen molar-refractivity contribution in [2.75, 3.05) is 26.0 Å². The second-order valence-electron chi connectivity index (χ2n) is 4.86. The number of amides is 1. The first-order valence-electron chi connectivity index (χ1n) is 6.23. The standard InChI is InChI=1S/C12H24N2O2S/c1-12(6-4-8-17-12)9-14-11(15)10(13)5-3-7-16-2/h10H,3-9,13H2,1-2H3,(H,14,15). The summed E-state index contributed by atoms with van der Waals surface area (Å²) >= 11 is 1.94. The molecule has 1 saturated heterocycles. The number of ether oxygens (including phenoxy) is 1. The predicted octanol–water partition coefficient (Wildman–Crippen LogP) is 1.14. The van der Waals surface area contributed by atoms with Crippen LogP contribution in [0.15, 0.2) is 0 Å². The molecule has 0 radical (unpaired) electrons. The molecule has 1 aliphatic heterocycles. The van der Waals surface area contributed by atoms with Gasteiger partial charge in [-0.25, -0.2) is 0 Å². The molecule has 1 fully saturated rings. The molecule has 0 aromatic heterocycles. The fraction of sp³-hybridized carbons (Fsp3) is 0.917. The van der Waals surface area contributed by atoms with Gasteiger partial charge in [-0.05, 0) is 38.4 Å². The molecule has 0 bridgehead atoms. The molecule has 17 heavy (non-hydrogen) atoms. The molecule has 0 aliphatic carbocycles. The molecule has 4 nitrogen and oxygen atoms in total. The van der Waals surface area contributed by atoms with Crippen molar-refractivity contribution in [1.29, 1.82) is 0 Å². The van der Waals surface area contributed by atoms with Gasteiger partial charge in [-0.1, -0.05) is 0 Å². The summed E-state index contributed by atoms with van der Waals surface area (Å²) in [5.41, 5.74) is 5.81. The minimum Gasteiger partial charge on any atom is -0.385 e. The summed E-state index contributed by atoms with van der Waals surface area (Å²) in [5, 5.41) is 2.97. The van der Waals surface area contributed by atoms with Gasteiger partial charge in [0, 0.05) is 25.0 Å². The SMILES string of the molecule is COCCCC(N)C(=O)NCC1(C)CCCS1. The molecule has 1 rings (SSSR count). The average molecular weight is 260 g/mol. The van der Waals surface area contributed by atoms with Crippen molar-refractivity contribution in [3.05, 3.63) is 0 Å². The number of carbonyl (C=O) groups is 1. The summed E-state index contributed by atoms with van der Waals surface area (Å²) in [7, 11) is 1.66. The maximum Gasteiger partial charge on any atom is 0.236 e. The number of hydrogen-bond donors (Lipinski definition) is 2. The molecule has 5 heteroatoms. The van der Waals surface area contributed by atoms with Crippen molar-refractivity contribution in [3.8, 4) is 0 Å². The maximum absolute atomic E-state index is 11.7. The molecule has 1 amide bonds. The molecule has 0 aromatic carbocycles. The Morgan fingerprint density at radius 3 is 3.00 bits per heavy atom. The normalized spacial score (nSPS) is 25.8. The lowest BCUT2D eigenvalue weighted by atomic mass is 10.1. The Labute approximate surface area is 108 Å². The number of nitrogens with two attached hydrogens (primary N) is 1. The van der Waals surface area contributed by atoms with Crippen LogP contribution in [0.25, 0.3) is 0 Å². The molecule has 0 aromatic rings. The molecule has 0 saturated carbocycles. The highest BCUT2D eigenvalue weighted by molar-refractivity contribution is 8.00. The van der Waals surface area contributed by atoms with Crippen LogP contribution in [0, 0.1) is 0 Å². The highest BCUT2D eigenvalue weighted by Crippen LogP contribution is 2.36. The van der Waals surface area contributed by atoms with Crippen LogP contribution in [0.5, 0.6) is 0 Å². The van der Waals surface area contributed by atoms with Crippen LogP contribution in [-0.4, -0.2) is 42.7 Å². The average Bonchev–Trinajstić information content (AvgIpc) is 2.74. The van der Waals surface area contributed by atoms with Crippen LogP contribution in [-0.2, 0) is 9.53 Å². The zero-order valence-corrected chi connectivity index (χ0v) is 11.6. The summed E-state index contributed by atoms with van der Waals surface area (Å²) in [4.78, 5) is 11.7. The highest BCUT2D eigenvalue weighted by atomic mass is 32.2. The number of carbonyl (C=O) groups excluding carboxylic acids is 1. The fourth-order valence-corrected chi connectivity index (χ4v) is 3.20. The van der Waals surface area contributed by atoms with Gasteiger partial charge >= 0.3 is 0 Å². The predicted molar refractivity (Wildman–Crippen MR) is 72.2 cm³/mol. The smallest absolute Gasteiger partial charge is 0.236 e. The van der Waals surface area contributed by atoms with E-state index < -0.39 is 6.04 Å². The second-order valence-corrected chi connectivity index (χ2v) is 6.54. The minimum absolute atomic E-state index is 0.0326. The number of nitrogens with one attached hydrogen (secondary N) is 1. The Balaban J connectivity index is 2.19. The number of hydrogen-bond acceptors (Lipinski definition) is 4. The number of thioether (sulfide) groups is 1. The number of rotatable bonds is 7. The van der Waals surface area contributed by atoms with Crippen LogP contribution in [0.3, 0.4) is 0 Å². The lowest BCUT2D eigenvalue weighted by molar-refractivity contribution is -0.122. The monoisotopic (exact) mass is 260 g/mol. The van der Waals surface area contributed by atoms with E-state index in [0.29, 0.717) is 13.0 Å². The van der Waals surface area contributed by atoms with Crippen LogP contribution in [0.1, 0.15) is 32.6 Å². The molecular weight excluding hydrogens is 236 g/mol. The van der Waals surface area contributed by atoms with E-state index in [0.717, 1.165) is 13.0 Å². The van der Waals surface area contributed by atoms with Gasteiger partial charge in [-0.15, -0.1) is 0 Å². The van der Waals surface area contributed by atoms with E-state index >= 15 is 0 Å². The molecule has 2 unspecified atom stereocenters. The summed E-state index contributed by atoms with van der Waals surface area (Å²) in [6, 6.07) is -0.403. The molecule has 1 heterocycles. The maximum atomic E-state index is 11.7. The van der Waals surface area contributed by atoms with Gasteiger partial charge in [0.25, 0.3) is 0 Å². The van der Waals surface area contributed by atoms with Crippen LogP contribution < -0.4 is 11.1 Å². The highest BCUT2D eigenvalue weighted by Gasteiger charge is 2.30. The van der Waals surface area contributed by atoms with Gasteiger partial charge in [0.2, 0.25) is 5.91 Å². The van der Waals surface area contributed by atoms with E-state index in [1.165, 1.54) is 18.6 Å². The Morgan fingerprint density at radius 2 is 2.41 bits per heavy atom. The van der Waals surface area contributed by atoms with Crippen molar-refractivity contribution in [1.82, 2.24) is 5.32 Å². The summed E-state index contributed by atoms with van der Waals surface area (Å²) in [6.45, 7) is 3.60. The van der Waals surface area contributed by atoms with Gasteiger partial charge in [0.1, 0.15) is 0 Å². The van der Waals surface area contributed by atoms with Gasteiger partial charge in [0.15, 0.2) is 0 Å². The van der Waals surface area contributed by atoms with Crippen LogP contribution in [0.2, 0.25) is 0 Å². The summed E-state index contributed by atoms with van der Waals surface area (Å²) in [5.74, 6) is 1.17. The minimum atomic E-state index is -0.403. The first kappa shape index (κ1) is 14.8. The lowest BCUT2D eigenvalue weighted by Gasteiger charge is -2.24. The summed E-state index contributed by atoms with van der Waals surface area (Å²) in [6.07, 6.45) is 3.94. The van der Waals surface area contributed by atoms with Gasteiger partial charge in [0.05, 0.1) is 6.04 Å². The molecule has 2 atom stereocenters. The van der Waals surface area contributed by atoms with Crippen molar-refractivity contribution in [2.24, 2.45) is 5.73 Å². The second kappa shape index (κ2) is 7.24. The van der Waals surface area contributed by atoms with Crippen LogP contribution in [0.4, 0.5) is 0 Å². The Hall–Kier alpha value is -0.260. The lowest BCUT2D eigenvalue weighted by Crippen LogP contribution is -2.45. The van der Waals surface area contributed by atoms with Crippen molar-refractivity contribution < 1.29 is 9.53 Å². The van der Waals surface area contributed by atoms with Crippen molar-refractivity contribution in [2.45, 2.75) is 43.4 Å². The Bertz CT molecular complexity index is 243. The molecule has 1 aliphatic rings. The van der Waals surface area contributed by atoms with Crippen molar-refractivity contribution in [3.63, 3.8) is 0 Å². The van der Waals surface area contributed by atoms with Crippen LogP contribution >= 0.6 is 11.8 Å². The van der Waals surface area contributed by atoms with Crippen molar-refractivity contribution >= 4 is 17.7 Å². The third-order valence-electron chi connectivity index (χ3n) is 3.14. The Morgan fingerprint density at radius 1 is 1.65 bits per heavy atom. The van der Waals surface area contributed by atoms with E-state index in [4.69, 9.17) is 10.5 Å². The van der Waals surface area contributed by atoms with Gasteiger partial charge in [-0.2, -0.15) is 11.8 Å². The van der Waals surface area contributed by atoms with E-state index in [1.807, 2.05) is 11.8 Å². The third kappa shape index (κ3) is 5.27. The zero-order chi connectivity index (χ0) is 12.7. The fourth-order valence-electron chi connectivity index (χ4n) is 1.96. The van der Waals surface area contributed by atoms with Gasteiger partial charge in [-0.3, -0.25) is 4.79 Å². The largest absolute Gasteiger partial charge is 0.385 e. The van der Waals surface area contributed by atoms with E-state index in [2.05, 4.69) is 12.2 Å². The first-order chi connectivity index (χ1) is 8.07. The topological polar surface area (TPSA) is 64.3 Å². The summed E-state index contributed by atoms with van der Waals surface area (Å²) < 4.78 is 5.15. The quantitative estimate of drug-likeness (QED) is 0.674. The zero-order valence-electron chi connectivity index (χ0n) is 10.8. The van der Waals surface area contributed by atoms with E-state index in [1.54, 1.807) is 7.11 Å². The number of methoxy groups -OCH3 is 1. The molecule has 3 N–H and O–H groups in total. The van der Waals surface area contributed by atoms with E-state index in [9.17, 15) is 4.79 Å². The Kier molecular flexibility index (Phi) is 6.30. The van der Waals surface area contributed by atoms with Gasteiger partial charge < -0.3 is 15.8 Å².